The van der Waals surface area contributed by atoms with Crippen LogP contribution in [0.15, 0.2) is 48.5 Å². The average Bonchev–Trinajstić information content (AvgIpc) is 2.62. The number of likely N-dealkylation sites (tertiary alicyclic amines) is 1. The van der Waals surface area contributed by atoms with Crippen molar-refractivity contribution in [3.8, 4) is 5.75 Å². The summed E-state index contributed by atoms with van der Waals surface area (Å²) in [5.74, 6) is 0.829. The van der Waals surface area contributed by atoms with E-state index < -0.39 is 0 Å². The lowest BCUT2D eigenvalue weighted by molar-refractivity contribution is 0.306. The van der Waals surface area contributed by atoms with Gasteiger partial charge in [-0.3, -0.25) is 0 Å². The van der Waals surface area contributed by atoms with Crippen molar-refractivity contribution in [1.29, 1.82) is 0 Å². The summed E-state index contributed by atoms with van der Waals surface area (Å²) in [5.41, 5.74) is 2.08. The Kier molecular flexibility index (Phi) is 5.52. The van der Waals surface area contributed by atoms with Gasteiger partial charge in [0.25, 0.3) is 0 Å². The molecular formula is C19H20ClNOS. The van der Waals surface area contributed by atoms with E-state index in [-0.39, 0.29) is 0 Å². The second-order valence-corrected chi connectivity index (χ2v) is 6.55. The minimum absolute atomic E-state index is 0.468. The van der Waals surface area contributed by atoms with Crippen LogP contribution in [0.5, 0.6) is 5.75 Å². The number of hydrogen-bond donors (Lipinski definition) is 0. The predicted molar refractivity (Wildman–Crippen MR) is 99.4 cm³/mol. The van der Waals surface area contributed by atoms with Gasteiger partial charge in [-0.05, 0) is 49.6 Å². The van der Waals surface area contributed by atoms with Crippen molar-refractivity contribution in [2.75, 3.05) is 13.1 Å². The molecule has 0 N–H and O–H groups in total. The highest BCUT2D eigenvalue weighted by Crippen LogP contribution is 2.20. The fourth-order valence-corrected chi connectivity index (χ4v) is 3.26. The van der Waals surface area contributed by atoms with Gasteiger partial charge in [0, 0.05) is 29.2 Å². The molecule has 0 aromatic heterocycles. The summed E-state index contributed by atoms with van der Waals surface area (Å²) < 4.78 is 5.81. The molecule has 1 aliphatic rings. The van der Waals surface area contributed by atoms with Crippen LogP contribution >= 0.6 is 23.8 Å². The van der Waals surface area contributed by atoms with E-state index in [0.717, 1.165) is 40.0 Å². The fourth-order valence-electron chi connectivity index (χ4n) is 2.75. The average molecular weight is 346 g/mol. The van der Waals surface area contributed by atoms with Gasteiger partial charge < -0.3 is 9.64 Å². The minimum Gasteiger partial charge on any atom is -0.489 e. The van der Waals surface area contributed by atoms with Crippen LogP contribution in [0.2, 0.25) is 5.02 Å². The number of benzene rings is 2. The first kappa shape index (κ1) is 16.3. The summed E-state index contributed by atoms with van der Waals surface area (Å²) in [7, 11) is 0. The number of halogens is 1. The van der Waals surface area contributed by atoms with Gasteiger partial charge in [0.05, 0.1) is 0 Å². The smallest absolute Gasteiger partial charge is 0.119 e. The van der Waals surface area contributed by atoms with Crippen LogP contribution < -0.4 is 4.74 Å². The summed E-state index contributed by atoms with van der Waals surface area (Å²) in [4.78, 5) is 3.25. The molecule has 1 aliphatic heterocycles. The van der Waals surface area contributed by atoms with Crippen molar-refractivity contribution in [3.05, 3.63) is 64.7 Å². The lowest BCUT2D eigenvalue weighted by Crippen LogP contribution is -2.34. The van der Waals surface area contributed by atoms with E-state index in [0.29, 0.717) is 6.61 Å². The van der Waals surface area contributed by atoms with Crippen molar-refractivity contribution >= 4 is 28.8 Å². The van der Waals surface area contributed by atoms with Gasteiger partial charge in [0.2, 0.25) is 0 Å². The third kappa shape index (κ3) is 4.24. The fraction of sp³-hybridized carbons (Fsp3) is 0.316. The van der Waals surface area contributed by atoms with Crippen LogP contribution in [0.25, 0.3) is 0 Å². The van der Waals surface area contributed by atoms with Crippen LogP contribution in [0, 0.1) is 0 Å². The SMILES string of the molecule is S=C(c1ccc(OCc2ccccc2Cl)cc1)N1CCCCC1. The highest BCUT2D eigenvalue weighted by atomic mass is 35.5. The molecule has 0 unspecified atom stereocenters. The normalized spacial score (nSPS) is 14.6. The molecule has 1 heterocycles. The minimum atomic E-state index is 0.468. The quantitative estimate of drug-likeness (QED) is 0.717. The predicted octanol–water partition coefficient (Wildman–Crippen LogP) is 5.08. The van der Waals surface area contributed by atoms with E-state index >= 15 is 0 Å². The van der Waals surface area contributed by atoms with Crippen LogP contribution in [-0.2, 0) is 6.61 Å². The zero-order valence-corrected chi connectivity index (χ0v) is 14.6. The molecule has 0 atom stereocenters. The summed E-state index contributed by atoms with van der Waals surface area (Å²) in [5, 5.41) is 0.732. The Morgan fingerprint density at radius 1 is 1.00 bits per heavy atom. The molecule has 0 aliphatic carbocycles. The number of rotatable bonds is 4. The van der Waals surface area contributed by atoms with Gasteiger partial charge in [-0.2, -0.15) is 0 Å². The molecule has 0 spiro atoms. The number of nitrogens with zero attached hydrogens (tertiary/aromatic N) is 1. The topological polar surface area (TPSA) is 12.5 Å². The number of thiocarbonyl (C=S) groups is 1. The molecule has 120 valence electrons. The van der Waals surface area contributed by atoms with Crippen molar-refractivity contribution in [2.45, 2.75) is 25.9 Å². The lowest BCUT2D eigenvalue weighted by Gasteiger charge is -2.29. The third-order valence-electron chi connectivity index (χ3n) is 4.10. The van der Waals surface area contributed by atoms with E-state index in [4.69, 9.17) is 28.6 Å². The Morgan fingerprint density at radius 3 is 2.39 bits per heavy atom. The summed E-state index contributed by atoms with van der Waals surface area (Å²) in [6.07, 6.45) is 3.78. The zero-order chi connectivity index (χ0) is 16.1. The number of hydrogen-bond acceptors (Lipinski definition) is 2. The van der Waals surface area contributed by atoms with Crippen LogP contribution in [0.3, 0.4) is 0 Å². The highest BCUT2D eigenvalue weighted by molar-refractivity contribution is 7.80. The van der Waals surface area contributed by atoms with Crippen LogP contribution in [-0.4, -0.2) is 23.0 Å². The largest absolute Gasteiger partial charge is 0.489 e. The molecule has 1 saturated heterocycles. The van der Waals surface area contributed by atoms with E-state index in [1.54, 1.807) is 0 Å². The third-order valence-corrected chi connectivity index (χ3v) is 4.96. The molecule has 0 saturated carbocycles. The van der Waals surface area contributed by atoms with Crippen molar-refractivity contribution in [3.63, 3.8) is 0 Å². The molecule has 0 bridgehead atoms. The highest BCUT2D eigenvalue weighted by Gasteiger charge is 2.14. The standard InChI is InChI=1S/C19H20ClNOS/c20-18-7-3-2-6-16(18)14-22-17-10-8-15(9-11-17)19(23)21-12-4-1-5-13-21/h2-3,6-11H,1,4-5,12-14H2. The van der Waals surface area contributed by atoms with Crippen molar-refractivity contribution in [2.24, 2.45) is 0 Å². The maximum atomic E-state index is 6.14. The van der Waals surface area contributed by atoms with E-state index in [2.05, 4.69) is 4.90 Å². The molecule has 3 rings (SSSR count). The van der Waals surface area contributed by atoms with Gasteiger partial charge in [0.15, 0.2) is 0 Å². The summed E-state index contributed by atoms with van der Waals surface area (Å²) >= 11 is 11.8. The van der Waals surface area contributed by atoms with E-state index in [1.807, 2.05) is 48.5 Å². The van der Waals surface area contributed by atoms with Crippen molar-refractivity contribution < 1.29 is 4.74 Å². The molecule has 23 heavy (non-hydrogen) atoms. The molecule has 2 aromatic rings. The first-order valence-corrected chi connectivity index (χ1v) is 8.78. The zero-order valence-electron chi connectivity index (χ0n) is 13.0. The summed E-state index contributed by atoms with van der Waals surface area (Å²) in [6, 6.07) is 15.8. The van der Waals surface area contributed by atoms with E-state index in [1.165, 1.54) is 19.3 Å². The maximum Gasteiger partial charge on any atom is 0.119 e. The Hall–Kier alpha value is -1.58. The van der Waals surface area contributed by atoms with Crippen molar-refractivity contribution in [1.82, 2.24) is 4.90 Å². The van der Waals surface area contributed by atoms with E-state index in [9.17, 15) is 0 Å². The van der Waals surface area contributed by atoms with Crippen LogP contribution in [0.1, 0.15) is 30.4 Å². The molecule has 2 aromatic carbocycles. The second kappa shape index (κ2) is 7.80. The lowest BCUT2D eigenvalue weighted by atomic mass is 10.1. The monoisotopic (exact) mass is 345 g/mol. The van der Waals surface area contributed by atoms with Gasteiger partial charge in [-0.25, -0.2) is 0 Å². The maximum absolute atomic E-state index is 6.14. The molecule has 1 fully saturated rings. The summed E-state index contributed by atoms with van der Waals surface area (Å²) in [6.45, 7) is 2.61. The van der Waals surface area contributed by atoms with Gasteiger partial charge in [-0.15, -0.1) is 0 Å². The Morgan fingerprint density at radius 2 is 1.70 bits per heavy atom. The Labute approximate surface area is 148 Å². The second-order valence-electron chi connectivity index (χ2n) is 5.76. The molecular weight excluding hydrogens is 326 g/mol. The number of piperidine rings is 1. The van der Waals surface area contributed by atoms with Gasteiger partial charge >= 0.3 is 0 Å². The van der Waals surface area contributed by atoms with Gasteiger partial charge in [0.1, 0.15) is 17.3 Å². The first-order chi connectivity index (χ1) is 11.2. The molecule has 0 amide bonds. The Bertz CT molecular complexity index is 665. The molecule has 4 heteroatoms. The number of ether oxygens (including phenoxy) is 1. The molecule has 2 nitrogen and oxygen atoms in total. The first-order valence-electron chi connectivity index (χ1n) is 7.99. The molecule has 0 radical (unpaired) electrons. The Balaban J connectivity index is 1.60. The van der Waals surface area contributed by atoms with Crippen LogP contribution in [0.4, 0.5) is 0 Å². The van der Waals surface area contributed by atoms with Gasteiger partial charge in [-0.1, -0.05) is 42.0 Å².